The van der Waals surface area contributed by atoms with Gasteiger partial charge >= 0.3 is 6.18 Å². The third-order valence-electron chi connectivity index (χ3n) is 8.30. The van der Waals surface area contributed by atoms with Gasteiger partial charge < -0.3 is 15.3 Å². The number of benzene rings is 1. The number of sulfonamides is 1. The molecule has 0 radical (unpaired) electrons. The van der Waals surface area contributed by atoms with Crippen LogP contribution >= 0.6 is 11.8 Å². The number of halogens is 5. The summed E-state index contributed by atoms with van der Waals surface area (Å²) in [5, 5.41) is 19.0. The van der Waals surface area contributed by atoms with E-state index in [1.54, 1.807) is 9.58 Å². The maximum Gasteiger partial charge on any atom is 0.417 e. The van der Waals surface area contributed by atoms with Gasteiger partial charge in [-0.1, -0.05) is 6.07 Å². The molecule has 0 aliphatic carbocycles. The second-order valence-corrected chi connectivity index (χ2v) is 14.9. The number of aliphatic hydroxyl groups is 1. The topological polar surface area (TPSA) is 103 Å². The van der Waals surface area contributed by atoms with E-state index in [1.165, 1.54) is 12.1 Å². The molecular weight excluding hydrogens is 627 g/mol. The number of fused-ring (bicyclic) bond motifs is 1. The van der Waals surface area contributed by atoms with Gasteiger partial charge in [0.2, 0.25) is 10.0 Å². The lowest BCUT2D eigenvalue weighted by atomic mass is 10.0. The molecule has 1 atom stereocenters. The van der Waals surface area contributed by atoms with Gasteiger partial charge in [-0.15, -0.1) is 11.8 Å². The summed E-state index contributed by atoms with van der Waals surface area (Å²) < 4.78 is 96.3. The maximum absolute atomic E-state index is 13.9. The maximum atomic E-state index is 13.9. The highest BCUT2D eigenvalue weighted by Crippen LogP contribution is 2.40. The number of hydrogen-bond donors (Lipinski definition) is 3. The molecule has 1 aromatic carbocycles. The van der Waals surface area contributed by atoms with Gasteiger partial charge in [0.1, 0.15) is 0 Å². The zero-order chi connectivity index (χ0) is 31.7. The molecule has 3 aliphatic rings. The number of alkyl halides is 5. The van der Waals surface area contributed by atoms with Crippen LogP contribution in [0.25, 0.3) is 11.3 Å². The van der Waals surface area contributed by atoms with Gasteiger partial charge in [-0.2, -0.15) is 18.3 Å². The van der Waals surface area contributed by atoms with Gasteiger partial charge in [-0.05, 0) is 38.1 Å². The first-order valence-corrected chi connectivity index (χ1v) is 17.7. The fourth-order valence-electron chi connectivity index (χ4n) is 6.20. The summed E-state index contributed by atoms with van der Waals surface area (Å²) in [6, 6.07) is 3.84. The van der Waals surface area contributed by atoms with Crippen LogP contribution in [-0.2, 0) is 35.7 Å². The molecule has 1 unspecified atom stereocenters. The zero-order valence-corrected chi connectivity index (χ0v) is 26.2. The minimum absolute atomic E-state index is 0.0295. The van der Waals surface area contributed by atoms with Gasteiger partial charge in [0.25, 0.3) is 5.92 Å². The second-order valence-electron chi connectivity index (χ2n) is 11.9. The molecule has 0 bridgehead atoms. The molecule has 2 aromatic rings. The lowest BCUT2D eigenvalue weighted by Gasteiger charge is -2.33. The third kappa shape index (κ3) is 8.70. The number of nitrogens with one attached hydrogen (secondary N) is 2. The van der Waals surface area contributed by atoms with Crippen LogP contribution in [-0.4, -0.2) is 109 Å². The van der Waals surface area contributed by atoms with E-state index in [1.807, 2.05) is 0 Å². The highest BCUT2D eigenvalue weighted by atomic mass is 32.2. The number of rotatable bonds is 11. The van der Waals surface area contributed by atoms with Crippen molar-refractivity contribution in [1.82, 2.24) is 29.6 Å². The lowest BCUT2D eigenvalue weighted by molar-refractivity contribution is -0.139. The van der Waals surface area contributed by atoms with Crippen molar-refractivity contribution >= 4 is 21.8 Å². The van der Waals surface area contributed by atoms with E-state index in [4.69, 9.17) is 5.10 Å². The summed E-state index contributed by atoms with van der Waals surface area (Å²) in [6.07, 6.45) is -2.47. The summed E-state index contributed by atoms with van der Waals surface area (Å²) in [5.41, 5.74) is 2.13. The Labute approximate surface area is 258 Å². The highest BCUT2D eigenvalue weighted by Gasteiger charge is 2.38. The zero-order valence-electron chi connectivity index (χ0n) is 24.5. The van der Waals surface area contributed by atoms with E-state index in [9.17, 15) is 35.5 Å². The first kappa shape index (κ1) is 33.5. The molecule has 4 heterocycles. The van der Waals surface area contributed by atoms with Crippen molar-refractivity contribution in [2.24, 2.45) is 0 Å². The van der Waals surface area contributed by atoms with E-state index in [0.29, 0.717) is 63.2 Å². The minimum atomic E-state index is -4.57. The van der Waals surface area contributed by atoms with Crippen LogP contribution in [0, 0.1) is 0 Å². The smallest absolute Gasteiger partial charge is 0.390 e. The van der Waals surface area contributed by atoms with Crippen LogP contribution in [0.15, 0.2) is 23.1 Å². The Morgan fingerprint density at radius 3 is 2.59 bits per heavy atom. The number of thioether (sulfide) groups is 1. The number of nitrogens with zero attached hydrogens (tertiary/aromatic N) is 4. The van der Waals surface area contributed by atoms with Gasteiger partial charge in [0.15, 0.2) is 0 Å². The van der Waals surface area contributed by atoms with Crippen LogP contribution < -0.4 is 10.0 Å². The number of likely N-dealkylation sites (tertiary alicyclic amines) is 2. The fraction of sp³-hybridized carbons (Fsp3) is 0.679. The van der Waals surface area contributed by atoms with Crippen LogP contribution in [0.4, 0.5) is 22.0 Å². The molecule has 3 aliphatic heterocycles. The van der Waals surface area contributed by atoms with Crippen molar-refractivity contribution in [3.8, 4) is 11.3 Å². The van der Waals surface area contributed by atoms with Crippen LogP contribution in [0.3, 0.4) is 0 Å². The van der Waals surface area contributed by atoms with Gasteiger partial charge in [0.05, 0.1) is 36.7 Å². The van der Waals surface area contributed by atoms with E-state index in [2.05, 4.69) is 14.9 Å². The molecule has 16 heteroatoms. The predicted octanol–water partition coefficient (Wildman–Crippen LogP) is 3.02. The molecule has 3 N–H and O–H groups in total. The Hall–Kier alpha value is -1.82. The van der Waals surface area contributed by atoms with Crippen LogP contribution in [0.5, 0.6) is 0 Å². The Morgan fingerprint density at radius 1 is 1.18 bits per heavy atom. The number of β-amino-alcohol motifs (C(OH)–C–C–N with tert-alkyl or cyclic N) is 1. The third-order valence-corrected chi connectivity index (χ3v) is 10.1. The Kier molecular flexibility index (Phi) is 10.3. The summed E-state index contributed by atoms with van der Waals surface area (Å²) in [6.45, 7) is 3.20. The summed E-state index contributed by atoms with van der Waals surface area (Å²) in [5.74, 6) is -2.51. The molecule has 0 spiro atoms. The molecule has 2 saturated heterocycles. The number of aromatic nitrogens is 2. The summed E-state index contributed by atoms with van der Waals surface area (Å²) >= 11 is 1.01. The Balaban J connectivity index is 1.29. The van der Waals surface area contributed by atoms with Gasteiger partial charge in [-0.25, -0.2) is 21.9 Å². The Bertz CT molecular complexity index is 1410. The van der Waals surface area contributed by atoms with Crippen molar-refractivity contribution in [1.29, 1.82) is 0 Å². The molecule has 5 rings (SSSR count). The fourth-order valence-corrected chi connectivity index (χ4v) is 8.16. The molecule has 246 valence electrons. The van der Waals surface area contributed by atoms with E-state index in [0.717, 1.165) is 35.3 Å². The quantitative estimate of drug-likeness (QED) is 0.249. The first-order valence-electron chi connectivity index (χ1n) is 14.8. The first-order chi connectivity index (χ1) is 20.7. The highest BCUT2D eigenvalue weighted by molar-refractivity contribution is 7.99. The average molecular weight is 667 g/mol. The number of hydrogen-bond acceptors (Lipinski definition) is 8. The van der Waals surface area contributed by atoms with Crippen molar-refractivity contribution in [2.75, 3.05) is 57.8 Å². The molecule has 0 saturated carbocycles. The minimum Gasteiger partial charge on any atom is -0.390 e. The van der Waals surface area contributed by atoms with Gasteiger partial charge in [0, 0.05) is 79.1 Å². The number of aliphatic hydroxyl groups excluding tert-OH is 1. The SMILES string of the molecule is CS(=O)(=O)NC1CCN(CC(O)Cn2nc(-c3ccc(C(F)(F)F)c(SCCN4CCC(F)(F)C4)c3)c3c2CCNC3)CC1. The normalized spacial score (nSPS) is 21.1. The van der Waals surface area contributed by atoms with Crippen molar-refractivity contribution < 1.29 is 35.5 Å². The predicted molar refractivity (Wildman–Crippen MR) is 158 cm³/mol. The van der Waals surface area contributed by atoms with E-state index in [-0.39, 0.29) is 49.3 Å². The molecule has 9 nitrogen and oxygen atoms in total. The van der Waals surface area contributed by atoms with Crippen LogP contribution in [0.1, 0.15) is 36.1 Å². The lowest BCUT2D eigenvalue weighted by Crippen LogP contribution is -2.46. The van der Waals surface area contributed by atoms with Gasteiger partial charge in [-0.3, -0.25) is 9.58 Å². The Morgan fingerprint density at radius 2 is 1.93 bits per heavy atom. The summed E-state index contributed by atoms with van der Waals surface area (Å²) in [4.78, 5) is 3.70. The molecule has 0 amide bonds. The standard InChI is InChI=1S/C28H39F5N6O3S2/c1-44(41,42)36-20-5-9-37(10-6-20)16-21(40)17-39-24-4-8-34-15-22(24)26(35-39)19-2-3-23(28(31,32)33)25(14-19)43-13-12-38-11-7-27(29,30)18-38/h2-3,14,20-21,34,36,40H,4-13,15-18H2,1H3. The number of piperidine rings is 1. The van der Waals surface area contributed by atoms with E-state index < -0.39 is 33.8 Å². The molecular formula is C28H39F5N6O3S2. The van der Waals surface area contributed by atoms with Crippen molar-refractivity contribution in [3.63, 3.8) is 0 Å². The summed E-state index contributed by atoms with van der Waals surface area (Å²) in [7, 11) is -3.28. The monoisotopic (exact) mass is 666 g/mol. The van der Waals surface area contributed by atoms with Crippen LogP contribution in [0.2, 0.25) is 0 Å². The molecule has 2 fully saturated rings. The second kappa shape index (κ2) is 13.5. The molecule has 44 heavy (non-hydrogen) atoms. The largest absolute Gasteiger partial charge is 0.417 e. The van der Waals surface area contributed by atoms with E-state index >= 15 is 0 Å². The average Bonchev–Trinajstić information content (AvgIpc) is 3.47. The molecule has 1 aromatic heterocycles. The van der Waals surface area contributed by atoms with Crippen molar-refractivity contribution in [3.05, 3.63) is 35.0 Å². The van der Waals surface area contributed by atoms with Crippen molar-refractivity contribution in [2.45, 2.75) is 67.9 Å².